The van der Waals surface area contributed by atoms with Crippen molar-refractivity contribution < 1.29 is 9.84 Å². The van der Waals surface area contributed by atoms with Gasteiger partial charge in [0.1, 0.15) is 0 Å². The lowest BCUT2D eigenvalue weighted by molar-refractivity contribution is -0.0333. The fraction of sp³-hybridized carbons (Fsp3) is 0.280. The van der Waals surface area contributed by atoms with Gasteiger partial charge in [-0.05, 0) is 48.2 Å². The molecular weight excluding hydrogens is 390 g/mol. The smallest absolute Gasteiger partial charge is 0.293 e. The maximum Gasteiger partial charge on any atom is 0.293 e. The molecule has 0 bridgehead atoms. The van der Waals surface area contributed by atoms with Crippen LogP contribution in [0.2, 0.25) is 0 Å². The molecule has 4 rings (SSSR count). The van der Waals surface area contributed by atoms with Gasteiger partial charge < -0.3 is 14.8 Å². The normalized spacial score (nSPS) is 14.0. The predicted octanol–water partition coefficient (Wildman–Crippen LogP) is 2.49. The van der Waals surface area contributed by atoms with Gasteiger partial charge in [0, 0.05) is 37.9 Å². The topological polar surface area (TPSA) is 78.5 Å². The van der Waals surface area contributed by atoms with Crippen molar-refractivity contribution in [2.75, 3.05) is 20.2 Å². The number of ether oxygens (including phenoxy) is 1. The number of benzene rings is 2. The van der Waals surface area contributed by atoms with Gasteiger partial charge in [-0.1, -0.05) is 36.1 Å². The first-order valence-electron chi connectivity index (χ1n) is 10.3. The molecule has 2 N–H and O–H groups in total. The highest BCUT2D eigenvalue weighted by molar-refractivity contribution is 5.44. The third kappa shape index (κ3) is 5.40. The molecule has 1 aliphatic rings. The SMILES string of the molecule is COC1CN(Cc2ccc(C#Cc3ccc(CCc4nc[nH]c(=O)c4O)cc3)cc2)C1. The standard InChI is InChI=1S/C25H25N3O3/c1-31-22-15-28(16-22)14-21-10-8-19(9-11-21)3-2-18-4-6-20(7-5-18)12-13-23-24(29)25(30)27-17-26-23/h4-11,17,22,29H,12-16H2,1H3,(H,26,27,30). The third-order valence-electron chi connectivity index (χ3n) is 5.48. The summed E-state index contributed by atoms with van der Waals surface area (Å²) in [4.78, 5) is 20.2. The highest BCUT2D eigenvalue weighted by atomic mass is 16.5. The van der Waals surface area contributed by atoms with Crippen molar-refractivity contribution >= 4 is 0 Å². The van der Waals surface area contributed by atoms with E-state index in [1.54, 1.807) is 7.11 Å². The molecule has 0 saturated carbocycles. The Labute approximate surface area is 181 Å². The van der Waals surface area contributed by atoms with E-state index in [0.29, 0.717) is 24.6 Å². The molecule has 6 nitrogen and oxygen atoms in total. The summed E-state index contributed by atoms with van der Waals surface area (Å²) >= 11 is 0. The van der Waals surface area contributed by atoms with Crippen LogP contribution in [0.15, 0.2) is 59.7 Å². The molecule has 6 heteroatoms. The number of aryl methyl sites for hydroxylation is 2. The quantitative estimate of drug-likeness (QED) is 0.605. The van der Waals surface area contributed by atoms with Gasteiger partial charge in [-0.2, -0.15) is 0 Å². The summed E-state index contributed by atoms with van der Waals surface area (Å²) in [5.41, 5.74) is 4.20. The van der Waals surface area contributed by atoms with E-state index < -0.39 is 5.56 Å². The Morgan fingerprint density at radius 3 is 2.26 bits per heavy atom. The average Bonchev–Trinajstić information content (AvgIpc) is 2.77. The number of likely N-dealkylation sites (tertiary alicyclic amines) is 1. The Morgan fingerprint density at radius 1 is 1.03 bits per heavy atom. The molecule has 1 fully saturated rings. The van der Waals surface area contributed by atoms with E-state index >= 15 is 0 Å². The molecule has 0 aliphatic carbocycles. The van der Waals surface area contributed by atoms with Crippen LogP contribution < -0.4 is 5.56 Å². The molecule has 0 unspecified atom stereocenters. The number of hydrogen-bond acceptors (Lipinski definition) is 5. The average molecular weight is 415 g/mol. The van der Waals surface area contributed by atoms with Gasteiger partial charge in [-0.25, -0.2) is 4.98 Å². The maximum absolute atomic E-state index is 11.4. The van der Waals surface area contributed by atoms with E-state index in [1.807, 2.05) is 24.3 Å². The van der Waals surface area contributed by atoms with Crippen molar-refractivity contribution in [3.05, 3.63) is 93.2 Å². The van der Waals surface area contributed by atoms with E-state index in [0.717, 1.165) is 36.3 Å². The van der Waals surface area contributed by atoms with Crippen LogP contribution >= 0.6 is 0 Å². The summed E-state index contributed by atoms with van der Waals surface area (Å²) in [5.74, 6) is 6.11. The Hall–Kier alpha value is -3.40. The molecule has 0 amide bonds. The number of nitrogens with one attached hydrogen (secondary N) is 1. The number of aromatic amines is 1. The number of rotatable bonds is 6. The zero-order valence-corrected chi connectivity index (χ0v) is 17.5. The second kappa shape index (κ2) is 9.61. The van der Waals surface area contributed by atoms with Crippen molar-refractivity contribution in [2.45, 2.75) is 25.5 Å². The largest absolute Gasteiger partial charge is 0.502 e. The maximum atomic E-state index is 11.4. The highest BCUT2D eigenvalue weighted by Crippen LogP contribution is 2.16. The molecule has 3 aromatic rings. The molecule has 0 atom stereocenters. The van der Waals surface area contributed by atoms with E-state index in [2.05, 4.69) is 51.0 Å². The molecule has 2 heterocycles. The summed E-state index contributed by atoms with van der Waals surface area (Å²) in [5, 5.41) is 9.76. The Balaban J connectivity index is 1.31. The van der Waals surface area contributed by atoms with Crippen LogP contribution in [0.25, 0.3) is 0 Å². The van der Waals surface area contributed by atoms with Crippen LogP contribution in [0.1, 0.15) is 27.9 Å². The second-order valence-electron chi connectivity index (χ2n) is 7.72. The molecule has 158 valence electrons. The lowest BCUT2D eigenvalue weighted by Gasteiger charge is -2.38. The first-order valence-corrected chi connectivity index (χ1v) is 10.3. The van der Waals surface area contributed by atoms with Crippen molar-refractivity contribution in [3.8, 4) is 17.6 Å². The van der Waals surface area contributed by atoms with Crippen LogP contribution in [0.4, 0.5) is 0 Å². The van der Waals surface area contributed by atoms with E-state index in [1.165, 1.54) is 11.9 Å². The van der Waals surface area contributed by atoms with Gasteiger partial charge in [-0.15, -0.1) is 0 Å². The molecule has 0 spiro atoms. The molecule has 0 radical (unpaired) electrons. The third-order valence-corrected chi connectivity index (χ3v) is 5.48. The first-order chi connectivity index (χ1) is 15.1. The summed E-state index contributed by atoms with van der Waals surface area (Å²) in [6.45, 7) is 2.93. The van der Waals surface area contributed by atoms with Crippen molar-refractivity contribution in [1.29, 1.82) is 0 Å². The number of methoxy groups -OCH3 is 1. The van der Waals surface area contributed by atoms with E-state index in [4.69, 9.17) is 4.74 Å². The van der Waals surface area contributed by atoms with Crippen LogP contribution in [-0.4, -0.2) is 46.3 Å². The Bertz CT molecular complexity index is 1140. The summed E-state index contributed by atoms with van der Waals surface area (Å²) in [6.07, 6.45) is 2.87. The highest BCUT2D eigenvalue weighted by Gasteiger charge is 2.25. The van der Waals surface area contributed by atoms with Gasteiger partial charge in [0.25, 0.3) is 5.56 Å². The van der Waals surface area contributed by atoms with Gasteiger partial charge in [0.05, 0.1) is 18.1 Å². The van der Waals surface area contributed by atoms with Crippen molar-refractivity contribution in [1.82, 2.24) is 14.9 Å². The molecule has 31 heavy (non-hydrogen) atoms. The first kappa shape index (κ1) is 20.9. The predicted molar refractivity (Wildman–Crippen MR) is 119 cm³/mol. The van der Waals surface area contributed by atoms with Crippen molar-refractivity contribution in [3.63, 3.8) is 0 Å². The van der Waals surface area contributed by atoms with Crippen molar-refractivity contribution in [2.24, 2.45) is 0 Å². The summed E-state index contributed by atoms with van der Waals surface area (Å²) in [6, 6.07) is 16.4. The fourth-order valence-electron chi connectivity index (χ4n) is 3.53. The fourth-order valence-corrected chi connectivity index (χ4v) is 3.53. The lowest BCUT2D eigenvalue weighted by Crippen LogP contribution is -2.50. The van der Waals surface area contributed by atoms with Gasteiger partial charge in [0.15, 0.2) is 0 Å². The molecule has 1 aromatic heterocycles. The Morgan fingerprint density at radius 2 is 1.65 bits per heavy atom. The van der Waals surface area contributed by atoms with Gasteiger partial charge >= 0.3 is 0 Å². The van der Waals surface area contributed by atoms with Gasteiger partial charge in [-0.3, -0.25) is 9.69 Å². The zero-order valence-electron chi connectivity index (χ0n) is 17.5. The lowest BCUT2D eigenvalue weighted by atomic mass is 10.1. The molecule has 1 aliphatic heterocycles. The number of nitrogens with zero attached hydrogens (tertiary/aromatic N) is 2. The Kier molecular flexibility index (Phi) is 6.46. The monoisotopic (exact) mass is 415 g/mol. The van der Waals surface area contributed by atoms with Crippen LogP contribution in [0, 0.1) is 11.8 Å². The van der Waals surface area contributed by atoms with Gasteiger partial charge in [0.2, 0.25) is 5.75 Å². The number of aromatic nitrogens is 2. The minimum Gasteiger partial charge on any atom is -0.502 e. The van der Waals surface area contributed by atoms with Crippen LogP contribution in [0.5, 0.6) is 5.75 Å². The molecular formula is C25H25N3O3. The minimum absolute atomic E-state index is 0.306. The van der Waals surface area contributed by atoms with Crippen LogP contribution in [-0.2, 0) is 24.1 Å². The summed E-state index contributed by atoms with van der Waals surface area (Å²) in [7, 11) is 1.76. The van der Waals surface area contributed by atoms with E-state index in [-0.39, 0.29) is 5.75 Å². The molecule has 1 saturated heterocycles. The van der Waals surface area contributed by atoms with E-state index in [9.17, 15) is 9.90 Å². The number of aromatic hydroxyl groups is 1. The molecule has 2 aromatic carbocycles. The zero-order chi connectivity index (χ0) is 21.6. The number of hydrogen-bond donors (Lipinski definition) is 2. The van der Waals surface area contributed by atoms with Crippen LogP contribution in [0.3, 0.4) is 0 Å². The summed E-state index contributed by atoms with van der Waals surface area (Å²) < 4.78 is 5.31. The second-order valence-corrected chi connectivity index (χ2v) is 7.72. The minimum atomic E-state index is -0.510. The number of H-pyrrole nitrogens is 1.